The summed E-state index contributed by atoms with van der Waals surface area (Å²) in [5.74, 6) is -1.27. The first-order chi connectivity index (χ1) is 9.82. The van der Waals surface area contributed by atoms with Crippen LogP contribution in [0.15, 0.2) is 6.20 Å². The third-order valence-electron chi connectivity index (χ3n) is 2.47. The largest absolute Gasteiger partial charge is 0.573 e. The van der Waals surface area contributed by atoms with Crippen LogP contribution in [0.5, 0.6) is 11.6 Å². The van der Waals surface area contributed by atoms with E-state index in [2.05, 4.69) is 9.72 Å². The molecule has 1 rings (SSSR count). The van der Waals surface area contributed by atoms with Gasteiger partial charge in [-0.1, -0.05) is 0 Å². The summed E-state index contributed by atoms with van der Waals surface area (Å²) in [5.41, 5.74) is 5.60. The molecule has 21 heavy (non-hydrogen) atoms. The van der Waals surface area contributed by atoms with Crippen molar-refractivity contribution >= 4 is 5.97 Å². The normalized spacial score (nSPS) is 11.1. The molecule has 0 saturated carbocycles. The predicted octanol–water partition coefficient (Wildman–Crippen LogP) is 1.55. The number of rotatable bonds is 6. The lowest BCUT2D eigenvalue weighted by Crippen LogP contribution is -2.21. The summed E-state index contributed by atoms with van der Waals surface area (Å²) in [6.45, 7) is 1.52. The molecule has 0 aliphatic carbocycles. The molecule has 0 unspecified atom stereocenters. The Bertz CT molecular complexity index is 506. The number of hydrogen-bond donors (Lipinski definition) is 1. The second-order valence-electron chi connectivity index (χ2n) is 3.82. The molecule has 0 bridgehead atoms. The molecule has 1 aromatic rings. The number of pyridine rings is 1. The molecule has 0 spiro atoms. The van der Waals surface area contributed by atoms with Crippen molar-refractivity contribution in [1.29, 1.82) is 0 Å². The Labute approximate surface area is 119 Å². The minimum atomic E-state index is -4.91. The molecule has 0 aromatic carbocycles. The van der Waals surface area contributed by atoms with Crippen LogP contribution in [0.4, 0.5) is 13.2 Å². The molecule has 0 fully saturated rings. The molecule has 2 N–H and O–H groups in total. The topological polar surface area (TPSA) is 83.7 Å². The summed E-state index contributed by atoms with van der Waals surface area (Å²) in [5, 5.41) is 0. The first-order valence-electron chi connectivity index (χ1n) is 5.98. The van der Waals surface area contributed by atoms with E-state index in [1.165, 1.54) is 7.11 Å². The fraction of sp³-hybridized carbons (Fsp3) is 0.500. The summed E-state index contributed by atoms with van der Waals surface area (Å²) in [6.07, 6.45) is -4.50. The summed E-state index contributed by atoms with van der Waals surface area (Å²) < 4.78 is 50.7. The monoisotopic (exact) mass is 308 g/mol. The van der Waals surface area contributed by atoms with Gasteiger partial charge in [0.25, 0.3) is 0 Å². The highest BCUT2D eigenvalue weighted by Gasteiger charge is 2.33. The summed E-state index contributed by atoms with van der Waals surface area (Å²) in [6, 6.07) is 0. The van der Waals surface area contributed by atoms with Crippen molar-refractivity contribution in [3.05, 3.63) is 17.3 Å². The zero-order chi connectivity index (χ0) is 16.0. The van der Waals surface area contributed by atoms with Gasteiger partial charge in [-0.15, -0.1) is 13.2 Å². The van der Waals surface area contributed by atoms with E-state index >= 15 is 0 Å². The third kappa shape index (κ3) is 4.78. The van der Waals surface area contributed by atoms with E-state index in [1.54, 1.807) is 6.92 Å². The average Bonchev–Trinajstić information content (AvgIpc) is 2.39. The summed E-state index contributed by atoms with van der Waals surface area (Å²) >= 11 is 0. The van der Waals surface area contributed by atoms with E-state index in [0.717, 1.165) is 6.20 Å². The highest BCUT2D eigenvalue weighted by atomic mass is 19.4. The van der Waals surface area contributed by atoms with Crippen molar-refractivity contribution < 1.29 is 32.2 Å². The maximum Gasteiger partial charge on any atom is 0.573 e. The van der Waals surface area contributed by atoms with Gasteiger partial charge in [-0.3, -0.25) is 4.79 Å². The van der Waals surface area contributed by atoms with Gasteiger partial charge in [-0.2, -0.15) is 0 Å². The van der Waals surface area contributed by atoms with Crippen molar-refractivity contribution in [1.82, 2.24) is 4.98 Å². The van der Waals surface area contributed by atoms with E-state index in [0.29, 0.717) is 0 Å². The molecule has 0 aliphatic heterocycles. The number of ether oxygens (including phenoxy) is 3. The van der Waals surface area contributed by atoms with Crippen LogP contribution in [0, 0.1) is 0 Å². The quantitative estimate of drug-likeness (QED) is 0.803. The number of carbonyl (C=O) groups is 1. The second-order valence-corrected chi connectivity index (χ2v) is 3.82. The minimum Gasteiger partial charge on any atom is -0.481 e. The van der Waals surface area contributed by atoms with Crippen LogP contribution in [0.25, 0.3) is 0 Å². The number of esters is 1. The van der Waals surface area contributed by atoms with Gasteiger partial charge < -0.3 is 19.9 Å². The number of hydrogen-bond acceptors (Lipinski definition) is 6. The zero-order valence-corrected chi connectivity index (χ0v) is 11.5. The van der Waals surface area contributed by atoms with Gasteiger partial charge in [0, 0.05) is 17.7 Å². The number of carbonyl (C=O) groups excluding carboxylic acids is 1. The lowest BCUT2D eigenvalue weighted by Gasteiger charge is -2.17. The Kier molecular flexibility index (Phi) is 5.77. The van der Waals surface area contributed by atoms with Crippen molar-refractivity contribution in [3.63, 3.8) is 0 Å². The number of halogens is 3. The number of nitrogens with zero attached hydrogens (tertiary/aromatic N) is 1. The van der Waals surface area contributed by atoms with Crippen LogP contribution in [0.3, 0.4) is 0 Å². The lowest BCUT2D eigenvalue weighted by molar-refractivity contribution is -0.275. The number of aromatic nitrogens is 1. The Hall–Kier alpha value is -2.03. The van der Waals surface area contributed by atoms with Crippen LogP contribution >= 0.6 is 0 Å². The molecule has 1 heterocycles. The Morgan fingerprint density at radius 3 is 2.52 bits per heavy atom. The number of methoxy groups -OCH3 is 1. The van der Waals surface area contributed by atoms with Crippen LogP contribution < -0.4 is 15.2 Å². The van der Waals surface area contributed by atoms with Crippen molar-refractivity contribution in [2.45, 2.75) is 26.3 Å². The molecule has 118 valence electrons. The highest BCUT2D eigenvalue weighted by Crippen LogP contribution is 2.32. The van der Waals surface area contributed by atoms with Gasteiger partial charge >= 0.3 is 12.3 Å². The van der Waals surface area contributed by atoms with E-state index in [4.69, 9.17) is 15.2 Å². The maximum absolute atomic E-state index is 12.4. The van der Waals surface area contributed by atoms with Crippen molar-refractivity contribution in [2.75, 3.05) is 13.7 Å². The molecule has 0 saturated heterocycles. The second kappa shape index (κ2) is 7.11. The Morgan fingerprint density at radius 1 is 1.38 bits per heavy atom. The first kappa shape index (κ1) is 17.0. The molecule has 9 heteroatoms. The maximum atomic E-state index is 12.4. The summed E-state index contributed by atoms with van der Waals surface area (Å²) in [4.78, 5) is 15.2. The summed E-state index contributed by atoms with van der Waals surface area (Å²) in [7, 11) is 1.29. The third-order valence-corrected chi connectivity index (χ3v) is 2.47. The number of nitrogens with two attached hydrogens (primary N) is 1. The van der Waals surface area contributed by atoms with Crippen LogP contribution in [0.2, 0.25) is 0 Å². The zero-order valence-electron chi connectivity index (χ0n) is 11.5. The number of alkyl halides is 3. The Balaban J connectivity index is 3.26. The molecule has 0 aliphatic rings. The molecular weight excluding hydrogens is 293 g/mol. The van der Waals surface area contributed by atoms with Gasteiger partial charge in [0.15, 0.2) is 5.75 Å². The van der Waals surface area contributed by atoms with Gasteiger partial charge in [0.1, 0.15) is 0 Å². The van der Waals surface area contributed by atoms with Gasteiger partial charge in [-0.25, -0.2) is 4.98 Å². The smallest absolute Gasteiger partial charge is 0.481 e. The van der Waals surface area contributed by atoms with Gasteiger partial charge in [0.2, 0.25) is 5.88 Å². The average molecular weight is 308 g/mol. The van der Waals surface area contributed by atoms with Crippen LogP contribution in [-0.2, 0) is 22.5 Å². The predicted molar refractivity (Wildman–Crippen MR) is 65.7 cm³/mol. The lowest BCUT2D eigenvalue weighted by atomic mass is 10.1. The van der Waals surface area contributed by atoms with E-state index in [9.17, 15) is 18.0 Å². The molecule has 1 aromatic heterocycles. The SMILES string of the molecule is CCOC(=O)Cc1c(OC(F)(F)F)cnc(OC)c1CN. The molecule has 6 nitrogen and oxygen atoms in total. The standard InChI is InChI=1S/C12H15F3N2O4/c1-3-20-10(18)4-7-8(5-16)11(19-2)17-6-9(7)21-12(13,14)15/h6H,3-5,16H2,1-2H3. The van der Waals surface area contributed by atoms with Crippen molar-refractivity contribution in [3.8, 4) is 11.6 Å². The van der Waals surface area contributed by atoms with E-state index in [-0.39, 0.29) is 30.2 Å². The fourth-order valence-corrected chi connectivity index (χ4v) is 1.70. The van der Waals surface area contributed by atoms with E-state index in [1.807, 2.05) is 0 Å². The van der Waals surface area contributed by atoms with Crippen LogP contribution in [0.1, 0.15) is 18.1 Å². The van der Waals surface area contributed by atoms with Crippen molar-refractivity contribution in [2.24, 2.45) is 5.73 Å². The van der Waals surface area contributed by atoms with Gasteiger partial charge in [-0.05, 0) is 6.92 Å². The molecule has 0 radical (unpaired) electrons. The molecule has 0 atom stereocenters. The first-order valence-corrected chi connectivity index (χ1v) is 5.98. The highest BCUT2D eigenvalue weighted by molar-refractivity contribution is 5.74. The van der Waals surface area contributed by atoms with Crippen LogP contribution in [-0.4, -0.2) is 31.0 Å². The Morgan fingerprint density at radius 2 is 2.05 bits per heavy atom. The van der Waals surface area contributed by atoms with E-state index < -0.39 is 24.5 Å². The molecular formula is C12H15F3N2O4. The van der Waals surface area contributed by atoms with Gasteiger partial charge in [0.05, 0.1) is 26.3 Å². The molecule has 0 amide bonds. The minimum absolute atomic E-state index is 0.0336. The fourth-order valence-electron chi connectivity index (χ4n) is 1.70.